The van der Waals surface area contributed by atoms with Gasteiger partial charge in [-0.15, -0.1) is 0 Å². The molecular weight excluding hydrogens is 296 g/mol. The average molecular weight is 316 g/mol. The smallest absolute Gasteiger partial charge is 0.319 e. The number of benzene rings is 2. The van der Waals surface area contributed by atoms with Crippen LogP contribution in [0.1, 0.15) is 23.1 Å². The molecule has 2 rings (SSSR count). The minimum absolute atomic E-state index is 0.284. The van der Waals surface area contributed by atoms with Gasteiger partial charge in [0.25, 0.3) is 0 Å². The Morgan fingerprint density at radius 2 is 1.68 bits per heavy atom. The molecule has 0 saturated heterocycles. The van der Waals surface area contributed by atoms with E-state index >= 15 is 0 Å². The van der Waals surface area contributed by atoms with Crippen molar-refractivity contribution in [3.8, 4) is 0 Å². The van der Waals surface area contributed by atoms with Gasteiger partial charge in [0, 0.05) is 16.6 Å². The predicted molar refractivity (Wildman–Crippen MR) is 89.2 cm³/mol. The highest BCUT2D eigenvalue weighted by Gasteiger charge is 2.24. The molecule has 0 aliphatic rings. The van der Waals surface area contributed by atoms with Crippen LogP contribution in [0.15, 0.2) is 54.6 Å². The first-order valence-electron chi connectivity index (χ1n) is 7.25. The maximum atomic E-state index is 12.4. The molecule has 4 heteroatoms. The van der Waals surface area contributed by atoms with E-state index in [-0.39, 0.29) is 5.75 Å². The Morgan fingerprint density at radius 1 is 1.05 bits per heavy atom. The van der Waals surface area contributed by atoms with E-state index in [1.165, 1.54) is 0 Å². The highest BCUT2D eigenvalue weighted by atomic mass is 32.2. The molecule has 0 spiro atoms. The zero-order valence-corrected chi connectivity index (χ0v) is 13.4. The Hall–Kier alpha value is -1.94. The second-order valence-electron chi connectivity index (χ2n) is 5.36. The molecule has 2 aromatic carbocycles. The van der Waals surface area contributed by atoms with Crippen LogP contribution in [-0.4, -0.2) is 20.5 Å². The molecule has 0 amide bonds. The number of aryl methyl sites for hydroxylation is 2. The Morgan fingerprint density at radius 3 is 2.27 bits per heavy atom. The van der Waals surface area contributed by atoms with Crippen LogP contribution in [0.3, 0.4) is 0 Å². The molecule has 0 bridgehead atoms. The summed E-state index contributed by atoms with van der Waals surface area (Å²) in [4.78, 5) is 11.4. The van der Waals surface area contributed by atoms with Crippen molar-refractivity contribution >= 4 is 16.8 Å². The van der Waals surface area contributed by atoms with Crippen molar-refractivity contribution in [3.63, 3.8) is 0 Å². The molecule has 116 valence electrons. The summed E-state index contributed by atoms with van der Waals surface area (Å²) in [7, 11) is -1.42. The van der Waals surface area contributed by atoms with Crippen LogP contribution < -0.4 is 0 Å². The number of carboxylic acids is 1. The summed E-state index contributed by atoms with van der Waals surface area (Å²) in [5, 5.41) is 8.52. The first kappa shape index (κ1) is 16.4. The van der Waals surface area contributed by atoms with Gasteiger partial charge >= 0.3 is 5.97 Å². The third-order valence-corrected chi connectivity index (χ3v) is 5.25. The summed E-state index contributed by atoms with van der Waals surface area (Å²) in [5.74, 6) is -0.701. The van der Waals surface area contributed by atoms with E-state index in [4.69, 9.17) is 0 Å². The van der Waals surface area contributed by atoms with Gasteiger partial charge in [-0.3, -0.25) is 9.00 Å². The second kappa shape index (κ2) is 7.90. The zero-order chi connectivity index (χ0) is 15.9. The lowest BCUT2D eigenvalue weighted by Gasteiger charge is -2.12. The minimum Gasteiger partial charge on any atom is -0.480 e. The van der Waals surface area contributed by atoms with Gasteiger partial charge in [-0.05, 0) is 30.9 Å². The molecule has 2 unspecified atom stereocenters. The highest BCUT2D eigenvalue weighted by Crippen LogP contribution is 2.14. The normalized spacial score (nSPS) is 13.5. The molecule has 3 nitrogen and oxygen atoms in total. The van der Waals surface area contributed by atoms with Crippen LogP contribution in [-0.2, 0) is 27.8 Å². The standard InChI is InChI=1S/C18H20O3S/c1-14-7-9-16(10-8-14)13-22(21)17(18(19)20)12-11-15-5-3-2-4-6-15/h2-10,17H,11-13H2,1H3,(H,19,20). The van der Waals surface area contributed by atoms with Gasteiger partial charge in [-0.25, -0.2) is 0 Å². The Bertz CT molecular complexity index is 635. The van der Waals surface area contributed by atoms with Crippen molar-refractivity contribution < 1.29 is 14.1 Å². The van der Waals surface area contributed by atoms with Crippen molar-refractivity contribution in [2.24, 2.45) is 0 Å². The third-order valence-electron chi connectivity index (χ3n) is 3.56. The van der Waals surface area contributed by atoms with Gasteiger partial charge in [-0.1, -0.05) is 60.2 Å². The molecule has 1 N–H and O–H groups in total. The van der Waals surface area contributed by atoms with Crippen molar-refractivity contribution in [1.29, 1.82) is 0 Å². The number of hydrogen-bond donors (Lipinski definition) is 1. The average Bonchev–Trinajstić information content (AvgIpc) is 2.50. The van der Waals surface area contributed by atoms with Crippen LogP contribution in [0.2, 0.25) is 0 Å². The zero-order valence-electron chi connectivity index (χ0n) is 12.6. The lowest BCUT2D eigenvalue weighted by atomic mass is 10.1. The van der Waals surface area contributed by atoms with Crippen molar-refractivity contribution in [3.05, 3.63) is 71.3 Å². The summed E-state index contributed by atoms with van der Waals surface area (Å²) in [6, 6.07) is 17.4. The van der Waals surface area contributed by atoms with Crippen molar-refractivity contribution in [2.75, 3.05) is 0 Å². The molecule has 0 aromatic heterocycles. The third kappa shape index (κ3) is 4.81. The minimum atomic E-state index is -1.42. The van der Waals surface area contributed by atoms with Crippen LogP contribution in [0.4, 0.5) is 0 Å². The molecule has 0 aliphatic carbocycles. The topological polar surface area (TPSA) is 54.4 Å². The van der Waals surface area contributed by atoms with Crippen LogP contribution >= 0.6 is 0 Å². The van der Waals surface area contributed by atoms with Crippen LogP contribution in [0.5, 0.6) is 0 Å². The van der Waals surface area contributed by atoms with Gasteiger partial charge in [0.15, 0.2) is 0 Å². The number of rotatable bonds is 7. The molecule has 22 heavy (non-hydrogen) atoms. The summed E-state index contributed by atoms with van der Waals surface area (Å²) in [6.07, 6.45) is 1.01. The van der Waals surface area contributed by atoms with E-state index in [0.717, 1.165) is 16.7 Å². The summed E-state index contributed by atoms with van der Waals surface area (Å²) < 4.78 is 12.4. The van der Waals surface area contributed by atoms with E-state index in [1.807, 2.05) is 61.5 Å². The van der Waals surface area contributed by atoms with Gasteiger partial charge in [0.05, 0.1) is 0 Å². The van der Waals surface area contributed by atoms with Gasteiger partial charge in [0.1, 0.15) is 5.25 Å². The summed E-state index contributed by atoms with van der Waals surface area (Å²) in [6.45, 7) is 1.99. The lowest BCUT2D eigenvalue weighted by molar-refractivity contribution is -0.136. The fraction of sp³-hybridized carbons (Fsp3) is 0.278. The molecular formula is C18H20O3S. The quantitative estimate of drug-likeness (QED) is 0.852. The Balaban J connectivity index is 1.99. The van der Waals surface area contributed by atoms with E-state index in [1.54, 1.807) is 0 Å². The molecule has 0 saturated carbocycles. The predicted octanol–water partition coefficient (Wildman–Crippen LogP) is 3.33. The molecule has 2 atom stereocenters. The van der Waals surface area contributed by atoms with E-state index in [9.17, 15) is 14.1 Å². The van der Waals surface area contributed by atoms with Gasteiger partial charge in [-0.2, -0.15) is 0 Å². The molecule has 0 heterocycles. The number of aliphatic carboxylic acids is 1. The molecule has 0 radical (unpaired) electrons. The summed E-state index contributed by atoms with van der Waals surface area (Å²) in [5.41, 5.74) is 3.12. The van der Waals surface area contributed by atoms with Crippen LogP contribution in [0, 0.1) is 6.92 Å². The lowest BCUT2D eigenvalue weighted by Crippen LogP contribution is -2.27. The van der Waals surface area contributed by atoms with E-state index in [2.05, 4.69) is 0 Å². The second-order valence-corrected chi connectivity index (χ2v) is 6.98. The van der Waals surface area contributed by atoms with Gasteiger partial charge < -0.3 is 5.11 Å². The Kier molecular flexibility index (Phi) is 5.90. The Labute approximate surface area is 133 Å². The largest absolute Gasteiger partial charge is 0.480 e. The first-order chi connectivity index (χ1) is 10.6. The maximum Gasteiger partial charge on any atom is 0.319 e. The van der Waals surface area contributed by atoms with Gasteiger partial charge in [0.2, 0.25) is 0 Å². The molecule has 0 aliphatic heterocycles. The fourth-order valence-electron chi connectivity index (χ4n) is 2.26. The number of carboxylic acid groups (broad SMARTS) is 1. The highest BCUT2D eigenvalue weighted by molar-refractivity contribution is 7.85. The number of hydrogen-bond acceptors (Lipinski definition) is 2. The first-order valence-corrected chi connectivity index (χ1v) is 8.64. The fourth-order valence-corrected chi connectivity index (χ4v) is 3.59. The maximum absolute atomic E-state index is 12.4. The van der Waals surface area contributed by atoms with Crippen LogP contribution in [0.25, 0.3) is 0 Å². The SMILES string of the molecule is Cc1ccc(CS(=O)C(CCc2ccccc2)C(=O)O)cc1. The van der Waals surface area contributed by atoms with Crippen molar-refractivity contribution in [1.82, 2.24) is 0 Å². The summed E-state index contributed by atoms with van der Waals surface area (Å²) >= 11 is 0. The molecule has 0 fully saturated rings. The number of carbonyl (C=O) groups is 1. The van der Waals surface area contributed by atoms with Crippen molar-refractivity contribution in [2.45, 2.75) is 30.8 Å². The monoisotopic (exact) mass is 316 g/mol. The molecule has 2 aromatic rings. The van der Waals surface area contributed by atoms with E-state index in [0.29, 0.717) is 12.8 Å². The van der Waals surface area contributed by atoms with E-state index < -0.39 is 22.0 Å².